The summed E-state index contributed by atoms with van der Waals surface area (Å²) in [6.07, 6.45) is 1.41. The van der Waals surface area contributed by atoms with E-state index in [1.54, 1.807) is 18.4 Å². The lowest BCUT2D eigenvalue weighted by Gasteiger charge is -2.17. The number of hydrogen-bond acceptors (Lipinski definition) is 4. The number of nitrogens with one attached hydrogen (secondary N) is 1. The first-order valence-corrected chi connectivity index (χ1v) is 6.67. The van der Waals surface area contributed by atoms with Crippen LogP contribution >= 0.6 is 0 Å². The maximum Gasteiger partial charge on any atom is 0.326 e. The van der Waals surface area contributed by atoms with Gasteiger partial charge in [0.15, 0.2) is 5.65 Å². The molecule has 0 aliphatic carbocycles. The molecule has 7 nitrogen and oxygen atoms in total. The van der Waals surface area contributed by atoms with E-state index in [-0.39, 0.29) is 11.5 Å². The zero-order valence-electron chi connectivity index (χ0n) is 12.4. The monoisotopic (exact) mass is 290 g/mol. The highest BCUT2D eigenvalue weighted by Crippen LogP contribution is 2.13. The van der Waals surface area contributed by atoms with Crippen molar-refractivity contribution in [2.45, 2.75) is 33.7 Å². The third-order valence-electron chi connectivity index (χ3n) is 3.24. The number of aryl methyl sites for hydroxylation is 2. The fraction of sp³-hybridized carbons (Fsp3) is 0.429. The lowest BCUT2D eigenvalue weighted by Crippen LogP contribution is -2.44. The van der Waals surface area contributed by atoms with Gasteiger partial charge in [-0.05, 0) is 25.8 Å². The van der Waals surface area contributed by atoms with Gasteiger partial charge in [0.05, 0.1) is 6.20 Å². The normalized spacial score (nSPS) is 12.6. The average Bonchev–Trinajstić information content (AvgIpc) is 2.78. The summed E-state index contributed by atoms with van der Waals surface area (Å²) in [6.45, 7) is 7.17. The van der Waals surface area contributed by atoms with E-state index in [2.05, 4.69) is 15.4 Å². The third-order valence-corrected chi connectivity index (χ3v) is 3.24. The number of carboxylic acid groups (broad SMARTS) is 1. The quantitative estimate of drug-likeness (QED) is 0.881. The summed E-state index contributed by atoms with van der Waals surface area (Å²) in [5.74, 6) is -1.76. The number of nitrogens with zero attached hydrogens (tertiary/aromatic N) is 3. The van der Waals surface area contributed by atoms with Crippen LogP contribution in [0.25, 0.3) is 5.65 Å². The maximum atomic E-state index is 12.3. The standard InChI is InChI=1S/C14H18N4O3/c1-7(2)11(14(20)21)17-13(19)10-6-15-18-9(4)5-8(3)16-12(10)18/h5-7,11H,1-4H3,(H,17,19)(H,20,21)/t11-/m1/s1. The summed E-state index contributed by atoms with van der Waals surface area (Å²) in [7, 11) is 0. The number of rotatable bonds is 4. The summed E-state index contributed by atoms with van der Waals surface area (Å²) in [5.41, 5.74) is 2.33. The molecule has 7 heteroatoms. The molecule has 112 valence electrons. The number of aromatic nitrogens is 3. The maximum absolute atomic E-state index is 12.3. The van der Waals surface area contributed by atoms with Crippen molar-refractivity contribution in [2.24, 2.45) is 5.92 Å². The smallest absolute Gasteiger partial charge is 0.326 e. The van der Waals surface area contributed by atoms with Gasteiger partial charge in [0.2, 0.25) is 0 Å². The van der Waals surface area contributed by atoms with E-state index in [1.165, 1.54) is 6.20 Å². The largest absolute Gasteiger partial charge is 0.480 e. The van der Waals surface area contributed by atoms with E-state index in [0.717, 1.165) is 11.4 Å². The second kappa shape index (κ2) is 5.51. The third kappa shape index (κ3) is 2.86. The summed E-state index contributed by atoms with van der Waals surface area (Å²) in [5, 5.41) is 15.8. The van der Waals surface area contributed by atoms with Gasteiger partial charge in [0.25, 0.3) is 5.91 Å². The number of carbonyl (C=O) groups excluding carboxylic acids is 1. The first-order valence-electron chi connectivity index (χ1n) is 6.67. The highest BCUT2D eigenvalue weighted by molar-refractivity contribution is 6.01. The molecule has 2 N–H and O–H groups in total. The van der Waals surface area contributed by atoms with Crippen LogP contribution in [0.4, 0.5) is 0 Å². The van der Waals surface area contributed by atoms with Crippen LogP contribution < -0.4 is 5.32 Å². The van der Waals surface area contributed by atoms with Crippen LogP contribution in [-0.4, -0.2) is 37.6 Å². The zero-order valence-corrected chi connectivity index (χ0v) is 12.4. The van der Waals surface area contributed by atoms with Gasteiger partial charge in [-0.15, -0.1) is 0 Å². The topological polar surface area (TPSA) is 96.6 Å². The zero-order chi connectivity index (χ0) is 15.7. The molecule has 0 radical (unpaired) electrons. The van der Waals surface area contributed by atoms with Crippen molar-refractivity contribution in [2.75, 3.05) is 0 Å². The molecule has 2 aromatic heterocycles. The van der Waals surface area contributed by atoms with Crippen LogP contribution in [0.3, 0.4) is 0 Å². The van der Waals surface area contributed by atoms with Crippen LogP contribution in [0.1, 0.15) is 35.6 Å². The average molecular weight is 290 g/mol. The molecule has 2 heterocycles. The van der Waals surface area contributed by atoms with E-state index >= 15 is 0 Å². The molecular weight excluding hydrogens is 272 g/mol. The van der Waals surface area contributed by atoms with Gasteiger partial charge in [0, 0.05) is 11.4 Å². The Labute approximate surface area is 122 Å². The Balaban J connectivity index is 2.38. The van der Waals surface area contributed by atoms with Crippen LogP contribution in [-0.2, 0) is 4.79 Å². The minimum absolute atomic E-state index is 0.218. The lowest BCUT2D eigenvalue weighted by molar-refractivity contribution is -0.140. The second-order valence-electron chi connectivity index (χ2n) is 5.37. The van der Waals surface area contributed by atoms with E-state index in [4.69, 9.17) is 5.11 Å². The number of carbonyl (C=O) groups is 2. The summed E-state index contributed by atoms with van der Waals surface area (Å²) < 4.78 is 1.56. The van der Waals surface area contributed by atoms with Gasteiger partial charge in [-0.2, -0.15) is 5.10 Å². The van der Waals surface area contributed by atoms with Gasteiger partial charge < -0.3 is 10.4 Å². The molecule has 0 saturated heterocycles. The molecule has 0 unspecified atom stereocenters. The Morgan fingerprint density at radius 3 is 2.57 bits per heavy atom. The predicted molar refractivity (Wildman–Crippen MR) is 76.2 cm³/mol. The number of carboxylic acids is 1. The van der Waals surface area contributed by atoms with Crippen LogP contribution in [0.2, 0.25) is 0 Å². The van der Waals surface area contributed by atoms with Crippen LogP contribution in [0, 0.1) is 19.8 Å². The molecule has 1 amide bonds. The van der Waals surface area contributed by atoms with Crippen molar-refractivity contribution in [3.05, 3.63) is 29.2 Å². The Hall–Kier alpha value is -2.44. The second-order valence-corrected chi connectivity index (χ2v) is 5.37. The molecular formula is C14H18N4O3. The molecule has 0 aliphatic rings. The molecule has 2 rings (SSSR count). The molecule has 2 aromatic rings. The fourth-order valence-electron chi connectivity index (χ4n) is 2.16. The van der Waals surface area contributed by atoms with Crippen LogP contribution in [0.5, 0.6) is 0 Å². The number of fused-ring (bicyclic) bond motifs is 1. The molecule has 0 bridgehead atoms. The molecule has 0 saturated carbocycles. The van der Waals surface area contributed by atoms with Crippen molar-refractivity contribution in [1.29, 1.82) is 0 Å². The van der Waals surface area contributed by atoms with E-state index in [9.17, 15) is 9.59 Å². The van der Waals surface area contributed by atoms with Gasteiger partial charge >= 0.3 is 5.97 Å². The van der Waals surface area contributed by atoms with Crippen molar-refractivity contribution < 1.29 is 14.7 Å². The van der Waals surface area contributed by atoms with Crippen molar-refractivity contribution in [3.63, 3.8) is 0 Å². The van der Waals surface area contributed by atoms with Crippen molar-refractivity contribution in [3.8, 4) is 0 Å². The minimum atomic E-state index is -1.06. The molecule has 1 atom stereocenters. The first-order chi connectivity index (χ1) is 9.81. The summed E-state index contributed by atoms with van der Waals surface area (Å²) in [4.78, 5) is 27.8. The van der Waals surface area contributed by atoms with Crippen molar-refractivity contribution in [1.82, 2.24) is 19.9 Å². The Bertz CT molecular complexity index is 706. The van der Waals surface area contributed by atoms with E-state index in [1.807, 2.05) is 19.9 Å². The van der Waals surface area contributed by atoms with Gasteiger partial charge in [-0.1, -0.05) is 13.8 Å². The number of aliphatic carboxylic acids is 1. The van der Waals surface area contributed by atoms with Crippen molar-refractivity contribution >= 4 is 17.5 Å². The Morgan fingerprint density at radius 1 is 1.33 bits per heavy atom. The van der Waals surface area contributed by atoms with Gasteiger partial charge in [0.1, 0.15) is 11.6 Å². The Kier molecular flexibility index (Phi) is 3.93. The molecule has 0 aromatic carbocycles. The molecule has 0 aliphatic heterocycles. The first kappa shape index (κ1) is 15.0. The SMILES string of the molecule is Cc1cc(C)n2ncc(C(=O)N[C@@H](C(=O)O)C(C)C)c2n1. The van der Waals surface area contributed by atoms with Gasteiger partial charge in [-0.25, -0.2) is 14.3 Å². The summed E-state index contributed by atoms with van der Waals surface area (Å²) in [6, 6.07) is 0.911. The molecule has 21 heavy (non-hydrogen) atoms. The molecule has 0 fully saturated rings. The van der Waals surface area contributed by atoms with E-state index in [0.29, 0.717) is 5.65 Å². The number of amides is 1. The number of hydrogen-bond donors (Lipinski definition) is 2. The predicted octanol–water partition coefficient (Wildman–Crippen LogP) is 1.19. The van der Waals surface area contributed by atoms with Crippen LogP contribution in [0.15, 0.2) is 12.3 Å². The van der Waals surface area contributed by atoms with Gasteiger partial charge in [-0.3, -0.25) is 4.79 Å². The fourth-order valence-corrected chi connectivity index (χ4v) is 2.16. The highest BCUT2D eigenvalue weighted by atomic mass is 16.4. The minimum Gasteiger partial charge on any atom is -0.480 e. The molecule has 0 spiro atoms. The Morgan fingerprint density at radius 2 is 2.00 bits per heavy atom. The lowest BCUT2D eigenvalue weighted by atomic mass is 10.0. The summed E-state index contributed by atoms with van der Waals surface area (Å²) >= 11 is 0. The highest BCUT2D eigenvalue weighted by Gasteiger charge is 2.25. The van der Waals surface area contributed by atoms with E-state index < -0.39 is 17.9 Å².